The van der Waals surface area contributed by atoms with Gasteiger partial charge < -0.3 is 15.7 Å². The van der Waals surface area contributed by atoms with Gasteiger partial charge in [0.15, 0.2) is 0 Å². The van der Waals surface area contributed by atoms with Crippen LogP contribution in [0, 0.1) is 6.92 Å². The second-order valence-electron chi connectivity index (χ2n) is 4.87. The molecule has 0 aliphatic heterocycles. The van der Waals surface area contributed by atoms with Gasteiger partial charge >= 0.3 is 6.03 Å². The maximum absolute atomic E-state index is 11.8. The Labute approximate surface area is 107 Å². The van der Waals surface area contributed by atoms with Gasteiger partial charge in [0.1, 0.15) is 0 Å². The lowest BCUT2D eigenvalue weighted by Gasteiger charge is -2.28. The maximum Gasteiger partial charge on any atom is 0.319 e. The molecule has 4 heteroatoms. The van der Waals surface area contributed by atoms with Crippen LogP contribution < -0.4 is 10.6 Å². The number of urea groups is 1. The number of hydrogen-bond donors (Lipinski definition) is 3. The number of benzene rings is 1. The molecule has 1 aromatic rings. The van der Waals surface area contributed by atoms with Crippen LogP contribution in [0.1, 0.15) is 31.2 Å². The zero-order chi connectivity index (χ0) is 13.0. The van der Waals surface area contributed by atoms with Gasteiger partial charge in [0.05, 0.1) is 12.1 Å². The fourth-order valence-electron chi connectivity index (χ4n) is 2.32. The Morgan fingerprint density at radius 3 is 2.72 bits per heavy atom. The number of amides is 2. The third-order valence-corrected chi connectivity index (χ3v) is 3.44. The molecule has 98 valence electrons. The van der Waals surface area contributed by atoms with Gasteiger partial charge in [0, 0.05) is 5.69 Å². The first-order valence-electron chi connectivity index (χ1n) is 6.48. The third-order valence-electron chi connectivity index (χ3n) is 3.44. The van der Waals surface area contributed by atoms with Crippen LogP contribution in [0.5, 0.6) is 0 Å². The van der Waals surface area contributed by atoms with Crippen LogP contribution in [0.2, 0.25) is 0 Å². The Morgan fingerprint density at radius 2 is 2.00 bits per heavy atom. The molecule has 2 atom stereocenters. The van der Waals surface area contributed by atoms with Crippen molar-refractivity contribution in [1.82, 2.24) is 5.32 Å². The standard InChI is InChI=1S/C14H20N2O2/c1-10-6-2-3-7-11(10)15-14(18)16-12-8-4-5-9-13(12)17/h2-3,6-7,12-13,17H,4-5,8-9H2,1H3,(H2,15,16,18). The van der Waals surface area contributed by atoms with Gasteiger partial charge in [-0.1, -0.05) is 31.0 Å². The lowest BCUT2D eigenvalue weighted by molar-refractivity contribution is 0.0955. The van der Waals surface area contributed by atoms with Crippen molar-refractivity contribution >= 4 is 11.7 Å². The number of aryl methyl sites for hydroxylation is 1. The van der Waals surface area contributed by atoms with Crippen molar-refractivity contribution in [2.75, 3.05) is 5.32 Å². The number of hydrogen-bond acceptors (Lipinski definition) is 2. The molecule has 0 saturated heterocycles. The lowest BCUT2D eigenvalue weighted by atomic mass is 9.93. The molecule has 1 aromatic carbocycles. The summed E-state index contributed by atoms with van der Waals surface area (Å²) in [7, 11) is 0. The van der Waals surface area contributed by atoms with E-state index in [0.717, 1.165) is 36.9 Å². The Morgan fingerprint density at radius 1 is 1.28 bits per heavy atom. The molecule has 1 aliphatic carbocycles. The number of anilines is 1. The Balaban J connectivity index is 1.90. The number of para-hydroxylation sites is 1. The van der Waals surface area contributed by atoms with E-state index in [1.807, 2.05) is 31.2 Å². The highest BCUT2D eigenvalue weighted by Gasteiger charge is 2.24. The second kappa shape index (κ2) is 5.87. The molecule has 0 radical (unpaired) electrons. The summed E-state index contributed by atoms with van der Waals surface area (Å²) in [6.45, 7) is 1.95. The highest BCUT2D eigenvalue weighted by atomic mass is 16.3. The summed E-state index contributed by atoms with van der Waals surface area (Å²) in [4.78, 5) is 11.8. The van der Waals surface area contributed by atoms with Crippen LogP contribution in [-0.2, 0) is 0 Å². The molecule has 4 nitrogen and oxygen atoms in total. The molecule has 18 heavy (non-hydrogen) atoms. The number of nitrogens with one attached hydrogen (secondary N) is 2. The summed E-state index contributed by atoms with van der Waals surface area (Å²) in [5.41, 5.74) is 1.83. The molecule has 3 N–H and O–H groups in total. The van der Waals surface area contributed by atoms with Crippen LogP contribution in [0.3, 0.4) is 0 Å². The van der Waals surface area contributed by atoms with Crippen LogP contribution in [-0.4, -0.2) is 23.3 Å². The van der Waals surface area contributed by atoms with E-state index in [1.54, 1.807) is 0 Å². The van der Waals surface area contributed by atoms with E-state index in [9.17, 15) is 9.90 Å². The zero-order valence-corrected chi connectivity index (χ0v) is 10.6. The van der Waals surface area contributed by atoms with E-state index < -0.39 is 6.10 Å². The quantitative estimate of drug-likeness (QED) is 0.752. The highest BCUT2D eigenvalue weighted by molar-refractivity contribution is 5.90. The summed E-state index contributed by atoms with van der Waals surface area (Å²) < 4.78 is 0. The molecule has 0 spiro atoms. The molecule has 2 amide bonds. The van der Waals surface area contributed by atoms with Gasteiger partial charge in [-0.3, -0.25) is 0 Å². The predicted molar refractivity (Wildman–Crippen MR) is 71.6 cm³/mol. The van der Waals surface area contributed by atoms with E-state index in [0.29, 0.717) is 0 Å². The van der Waals surface area contributed by atoms with Gasteiger partial charge in [-0.25, -0.2) is 4.79 Å². The van der Waals surface area contributed by atoms with E-state index >= 15 is 0 Å². The molecule has 2 rings (SSSR count). The molecule has 1 fully saturated rings. The van der Waals surface area contributed by atoms with Gasteiger partial charge in [0.25, 0.3) is 0 Å². The lowest BCUT2D eigenvalue weighted by Crippen LogP contribution is -2.46. The average Bonchev–Trinajstić information content (AvgIpc) is 2.35. The Kier molecular flexibility index (Phi) is 4.20. The van der Waals surface area contributed by atoms with E-state index in [4.69, 9.17) is 0 Å². The van der Waals surface area contributed by atoms with Gasteiger partial charge in [-0.2, -0.15) is 0 Å². The SMILES string of the molecule is Cc1ccccc1NC(=O)NC1CCCCC1O. The summed E-state index contributed by atoms with van der Waals surface area (Å²) in [6.07, 6.45) is 3.31. The number of aliphatic hydroxyl groups excluding tert-OH is 1. The van der Waals surface area contributed by atoms with Gasteiger partial charge in [-0.15, -0.1) is 0 Å². The first-order chi connectivity index (χ1) is 8.66. The zero-order valence-electron chi connectivity index (χ0n) is 10.6. The van der Waals surface area contributed by atoms with Crippen molar-refractivity contribution in [2.24, 2.45) is 0 Å². The molecular formula is C14H20N2O2. The number of carbonyl (C=O) groups is 1. The maximum atomic E-state index is 11.8. The number of carbonyl (C=O) groups excluding carboxylic acids is 1. The molecule has 0 aromatic heterocycles. The first-order valence-corrected chi connectivity index (χ1v) is 6.48. The van der Waals surface area contributed by atoms with Crippen molar-refractivity contribution in [3.63, 3.8) is 0 Å². The van der Waals surface area contributed by atoms with E-state index in [2.05, 4.69) is 10.6 Å². The monoisotopic (exact) mass is 248 g/mol. The second-order valence-corrected chi connectivity index (χ2v) is 4.87. The average molecular weight is 248 g/mol. The van der Waals surface area contributed by atoms with Crippen LogP contribution in [0.15, 0.2) is 24.3 Å². The van der Waals surface area contributed by atoms with Crippen molar-refractivity contribution < 1.29 is 9.90 Å². The fourth-order valence-corrected chi connectivity index (χ4v) is 2.32. The van der Waals surface area contributed by atoms with Gasteiger partial charge in [0.2, 0.25) is 0 Å². The number of rotatable bonds is 2. The predicted octanol–water partition coefficient (Wildman–Crippen LogP) is 2.42. The van der Waals surface area contributed by atoms with Crippen LogP contribution >= 0.6 is 0 Å². The van der Waals surface area contributed by atoms with Crippen molar-refractivity contribution in [3.8, 4) is 0 Å². The normalized spacial score (nSPS) is 23.4. The molecule has 1 saturated carbocycles. The van der Waals surface area contributed by atoms with Crippen molar-refractivity contribution in [3.05, 3.63) is 29.8 Å². The van der Waals surface area contributed by atoms with Gasteiger partial charge in [-0.05, 0) is 31.4 Å². The van der Waals surface area contributed by atoms with Crippen molar-refractivity contribution in [1.29, 1.82) is 0 Å². The summed E-state index contributed by atoms with van der Waals surface area (Å²) in [6, 6.07) is 7.27. The number of aliphatic hydroxyl groups is 1. The molecule has 2 unspecified atom stereocenters. The highest BCUT2D eigenvalue weighted by Crippen LogP contribution is 2.19. The first kappa shape index (κ1) is 12.9. The molecule has 1 aliphatic rings. The largest absolute Gasteiger partial charge is 0.391 e. The minimum absolute atomic E-state index is 0.122. The summed E-state index contributed by atoms with van der Waals surface area (Å²) in [5, 5.41) is 15.5. The van der Waals surface area contributed by atoms with Crippen LogP contribution in [0.25, 0.3) is 0 Å². The summed E-state index contributed by atoms with van der Waals surface area (Å²) >= 11 is 0. The topological polar surface area (TPSA) is 61.4 Å². The fraction of sp³-hybridized carbons (Fsp3) is 0.500. The molecule has 0 bridgehead atoms. The minimum atomic E-state index is -0.415. The van der Waals surface area contributed by atoms with E-state index in [1.165, 1.54) is 0 Å². The third kappa shape index (κ3) is 3.23. The van der Waals surface area contributed by atoms with Crippen molar-refractivity contribution in [2.45, 2.75) is 44.8 Å². The Hall–Kier alpha value is -1.55. The minimum Gasteiger partial charge on any atom is -0.391 e. The smallest absolute Gasteiger partial charge is 0.319 e. The molecular weight excluding hydrogens is 228 g/mol. The summed E-state index contributed by atoms with van der Waals surface area (Å²) in [5.74, 6) is 0. The van der Waals surface area contributed by atoms with E-state index in [-0.39, 0.29) is 12.1 Å². The Bertz CT molecular complexity index is 420. The molecule has 0 heterocycles. The van der Waals surface area contributed by atoms with Crippen LogP contribution in [0.4, 0.5) is 10.5 Å².